The molecule has 1 aliphatic rings. The van der Waals surface area contributed by atoms with Gasteiger partial charge in [0.05, 0.1) is 12.7 Å². The number of benzene rings is 2. The average Bonchev–Trinajstić information content (AvgIpc) is 3.30. The van der Waals surface area contributed by atoms with E-state index in [1.807, 2.05) is 51.1 Å². The van der Waals surface area contributed by atoms with Crippen molar-refractivity contribution in [2.75, 3.05) is 25.5 Å². The summed E-state index contributed by atoms with van der Waals surface area (Å²) in [5, 5.41) is 7.59. The molecule has 38 heavy (non-hydrogen) atoms. The molecule has 0 bridgehead atoms. The predicted molar refractivity (Wildman–Crippen MR) is 146 cm³/mol. The van der Waals surface area contributed by atoms with E-state index in [4.69, 9.17) is 9.72 Å². The molecule has 2 aromatic carbocycles. The number of piperidine rings is 1. The number of fused-ring (bicyclic) bond motifs is 1. The minimum absolute atomic E-state index is 0.0633. The summed E-state index contributed by atoms with van der Waals surface area (Å²) < 4.78 is 36.0. The van der Waals surface area contributed by atoms with Crippen LogP contribution in [0.2, 0.25) is 0 Å². The first-order valence-corrected chi connectivity index (χ1v) is 14.1. The fourth-order valence-electron chi connectivity index (χ4n) is 4.92. The Bertz CT molecular complexity index is 1640. The maximum absolute atomic E-state index is 13.7. The molecule has 1 fully saturated rings. The third kappa shape index (κ3) is 4.65. The van der Waals surface area contributed by atoms with E-state index in [1.165, 1.54) is 11.4 Å². The van der Waals surface area contributed by atoms with Gasteiger partial charge in [0.15, 0.2) is 11.3 Å². The van der Waals surface area contributed by atoms with Crippen LogP contribution in [-0.2, 0) is 10.0 Å². The van der Waals surface area contributed by atoms with Gasteiger partial charge in [-0.2, -0.15) is 9.40 Å². The normalized spacial score (nSPS) is 14.5. The van der Waals surface area contributed by atoms with Crippen LogP contribution in [0.4, 0.5) is 5.69 Å². The standard InChI is InChI=1S/C28H31N5O4S/c1-18-10-6-7-11-22(18)30-28(34)26-25(27-29-19(2)16-20(3)33(27)31-26)21-12-13-23(37-4)24(17-21)38(35,36)32-14-8-5-9-15-32/h6-7,10-13,16-17H,5,8-9,14-15H2,1-4H3,(H,30,34). The molecule has 0 aliphatic carbocycles. The van der Waals surface area contributed by atoms with Gasteiger partial charge in [0.1, 0.15) is 10.6 Å². The van der Waals surface area contributed by atoms with Gasteiger partial charge in [-0.1, -0.05) is 30.7 Å². The Morgan fingerprint density at radius 2 is 1.74 bits per heavy atom. The number of hydrogen-bond acceptors (Lipinski definition) is 6. The van der Waals surface area contributed by atoms with E-state index in [0.29, 0.717) is 35.6 Å². The zero-order chi connectivity index (χ0) is 27.0. The van der Waals surface area contributed by atoms with E-state index in [2.05, 4.69) is 10.4 Å². The molecular weight excluding hydrogens is 502 g/mol. The molecule has 1 aliphatic heterocycles. The molecule has 1 amide bonds. The number of ether oxygens (including phenoxy) is 1. The minimum atomic E-state index is -3.82. The minimum Gasteiger partial charge on any atom is -0.495 e. The number of rotatable bonds is 6. The van der Waals surface area contributed by atoms with Crippen LogP contribution >= 0.6 is 0 Å². The number of carbonyl (C=O) groups is 1. The van der Waals surface area contributed by atoms with Crippen LogP contribution in [0.5, 0.6) is 5.75 Å². The molecule has 5 rings (SSSR count). The van der Waals surface area contributed by atoms with Crippen molar-refractivity contribution in [1.29, 1.82) is 0 Å². The lowest BCUT2D eigenvalue weighted by Gasteiger charge is -2.26. The number of para-hydroxylation sites is 1. The first kappa shape index (κ1) is 25.9. The molecule has 0 spiro atoms. The van der Waals surface area contributed by atoms with Crippen LogP contribution in [0.3, 0.4) is 0 Å². The Labute approximate surface area is 222 Å². The fraction of sp³-hybridized carbons (Fsp3) is 0.321. The van der Waals surface area contributed by atoms with Crippen LogP contribution in [0, 0.1) is 20.8 Å². The van der Waals surface area contributed by atoms with Crippen molar-refractivity contribution in [3.63, 3.8) is 0 Å². The van der Waals surface area contributed by atoms with Gasteiger partial charge in [-0.3, -0.25) is 4.79 Å². The first-order chi connectivity index (χ1) is 18.2. The van der Waals surface area contributed by atoms with Crippen molar-refractivity contribution < 1.29 is 17.9 Å². The second-order valence-corrected chi connectivity index (χ2v) is 11.5. The summed E-state index contributed by atoms with van der Waals surface area (Å²) in [6.45, 7) is 6.61. The fourth-order valence-corrected chi connectivity index (χ4v) is 6.62. The molecule has 9 nitrogen and oxygen atoms in total. The topological polar surface area (TPSA) is 106 Å². The summed E-state index contributed by atoms with van der Waals surface area (Å²) in [4.78, 5) is 18.4. The summed E-state index contributed by atoms with van der Waals surface area (Å²) in [7, 11) is -2.36. The summed E-state index contributed by atoms with van der Waals surface area (Å²) in [6.07, 6.45) is 2.65. The Morgan fingerprint density at radius 3 is 2.45 bits per heavy atom. The third-order valence-electron chi connectivity index (χ3n) is 6.89. The van der Waals surface area contributed by atoms with E-state index < -0.39 is 15.9 Å². The highest BCUT2D eigenvalue weighted by molar-refractivity contribution is 7.89. The summed E-state index contributed by atoms with van der Waals surface area (Å²) in [5.74, 6) is -0.157. The number of nitrogens with one attached hydrogen (secondary N) is 1. The zero-order valence-corrected chi connectivity index (χ0v) is 22.8. The van der Waals surface area contributed by atoms with Gasteiger partial charge in [0.25, 0.3) is 5.91 Å². The van der Waals surface area contributed by atoms with E-state index in [-0.39, 0.29) is 16.3 Å². The molecule has 0 radical (unpaired) electrons. The van der Waals surface area contributed by atoms with Gasteiger partial charge in [-0.15, -0.1) is 0 Å². The second kappa shape index (κ2) is 10.2. The Morgan fingerprint density at radius 1 is 1.00 bits per heavy atom. The number of amides is 1. The number of nitrogens with zero attached hydrogens (tertiary/aromatic N) is 4. The molecule has 1 N–H and O–H groups in total. The smallest absolute Gasteiger partial charge is 0.276 e. The number of carbonyl (C=O) groups excluding carboxylic acids is 1. The highest BCUT2D eigenvalue weighted by Gasteiger charge is 2.31. The lowest BCUT2D eigenvalue weighted by molar-refractivity contribution is 0.102. The van der Waals surface area contributed by atoms with Crippen LogP contribution in [0.15, 0.2) is 53.4 Å². The van der Waals surface area contributed by atoms with Crippen molar-refractivity contribution in [1.82, 2.24) is 18.9 Å². The molecule has 0 unspecified atom stereocenters. The quantitative estimate of drug-likeness (QED) is 0.383. The molecular formula is C28H31N5O4S. The Hall–Kier alpha value is -3.76. The third-order valence-corrected chi connectivity index (χ3v) is 8.81. The lowest BCUT2D eigenvalue weighted by Crippen LogP contribution is -2.35. The Kier molecular flexibility index (Phi) is 6.93. The molecule has 0 saturated carbocycles. The molecule has 10 heteroatoms. The van der Waals surface area contributed by atoms with Crippen molar-refractivity contribution >= 4 is 27.3 Å². The number of anilines is 1. The highest BCUT2D eigenvalue weighted by atomic mass is 32.2. The molecule has 1 saturated heterocycles. The number of aryl methyl sites for hydroxylation is 3. The predicted octanol–water partition coefficient (Wildman–Crippen LogP) is 4.76. The van der Waals surface area contributed by atoms with Crippen LogP contribution < -0.4 is 10.1 Å². The monoisotopic (exact) mass is 533 g/mol. The first-order valence-electron chi connectivity index (χ1n) is 12.6. The molecule has 3 heterocycles. The van der Waals surface area contributed by atoms with Crippen LogP contribution in [-0.4, -0.2) is 53.4 Å². The van der Waals surface area contributed by atoms with Gasteiger partial charge < -0.3 is 10.1 Å². The van der Waals surface area contributed by atoms with E-state index in [9.17, 15) is 13.2 Å². The number of aromatic nitrogens is 3. The van der Waals surface area contributed by atoms with E-state index in [0.717, 1.165) is 36.2 Å². The SMILES string of the molecule is COc1ccc(-c2c(C(=O)Nc3ccccc3C)nn3c(C)cc(C)nc23)cc1S(=O)(=O)N1CCCCC1. The van der Waals surface area contributed by atoms with Crippen molar-refractivity contribution in [3.05, 3.63) is 71.2 Å². The number of methoxy groups -OCH3 is 1. The molecule has 198 valence electrons. The van der Waals surface area contributed by atoms with Gasteiger partial charge in [0.2, 0.25) is 10.0 Å². The zero-order valence-electron chi connectivity index (χ0n) is 22.0. The summed E-state index contributed by atoms with van der Waals surface area (Å²) in [6, 6.07) is 14.3. The van der Waals surface area contributed by atoms with Crippen molar-refractivity contribution in [2.45, 2.75) is 44.9 Å². The van der Waals surface area contributed by atoms with Gasteiger partial charge in [-0.05, 0) is 69.0 Å². The van der Waals surface area contributed by atoms with Gasteiger partial charge in [0, 0.05) is 30.2 Å². The molecule has 4 aromatic rings. The number of hydrogen-bond donors (Lipinski definition) is 1. The van der Waals surface area contributed by atoms with Gasteiger partial charge in [-0.25, -0.2) is 17.9 Å². The summed E-state index contributed by atoms with van der Waals surface area (Å²) >= 11 is 0. The highest BCUT2D eigenvalue weighted by Crippen LogP contribution is 2.36. The van der Waals surface area contributed by atoms with Crippen molar-refractivity contribution in [2.24, 2.45) is 0 Å². The second-order valence-electron chi connectivity index (χ2n) is 9.60. The maximum atomic E-state index is 13.7. The summed E-state index contributed by atoms with van der Waals surface area (Å²) in [5.41, 5.74) is 4.75. The largest absolute Gasteiger partial charge is 0.495 e. The Balaban J connectivity index is 1.70. The lowest BCUT2D eigenvalue weighted by atomic mass is 10.0. The van der Waals surface area contributed by atoms with E-state index in [1.54, 1.807) is 22.7 Å². The molecule has 2 aromatic heterocycles. The van der Waals surface area contributed by atoms with Gasteiger partial charge >= 0.3 is 0 Å². The van der Waals surface area contributed by atoms with E-state index >= 15 is 0 Å². The van der Waals surface area contributed by atoms with Crippen LogP contribution in [0.25, 0.3) is 16.8 Å². The van der Waals surface area contributed by atoms with Crippen molar-refractivity contribution in [3.8, 4) is 16.9 Å². The number of sulfonamides is 1. The average molecular weight is 534 g/mol. The van der Waals surface area contributed by atoms with Crippen LogP contribution in [0.1, 0.15) is 46.7 Å². The molecule has 0 atom stereocenters. The maximum Gasteiger partial charge on any atom is 0.276 e.